The normalized spacial score (nSPS) is 11.9. The first-order valence-electron chi connectivity index (χ1n) is 22.1. The first kappa shape index (κ1) is 39.9. The van der Waals surface area contributed by atoms with Crippen LogP contribution < -0.4 is 0 Å². The van der Waals surface area contributed by atoms with Crippen molar-refractivity contribution >= 4 is 43.6 Å². The number of para-hydroxylation sites is 3. The molecule has 0 radical (unpaired) electrons. The highest BCUT2D eigenvalue weighted by molar-refractivity contribution is 6.26. The van der Waals surface area contributed by atoms with Gasteiger partial charge in [-0.05, 0) is 72.6 Å². The number of hydrogen-bond acceptors (Lipinski definition) is 3. The van der Waals surface area contributed by atoms with E-state index in [9.17, 15) is 13.2 Å². The van der Waals surface area contributed by atoms with Gasteiger partial charge in [-0.15, -0.1) is 0 Å². The number of fused-ring (bicyclic) bond motifs is 7. The van der Waals surface area contributed by atoms with Crippen LogP contribution >= 0.6 is 0 Å². The lowest BCUT2D eigenvalue weighted by atomic mass is 9.91. The summed E-state index contributed by atoms with van der Waals surface area (Å²) in [7, 11) is 0. The van der Waals surface area contributed by atoms with Crippen molar-refractivity contribution in [2.45, 2.75) is 13.1 Å². The van der Waals surface area contributed by atoms with Crippen LogP contribution in [0.3, 0.4) is 0 Å². The number of hydrogen-bond donors (Lipinski definition) is 0. The summed E-state index contributed by atoms with van der Waals surface area (Å²) in [5.74, 6) is 1.43. The molecule has 3 heterocycles. The average Bonchev–Trinajstić information content (AvgIpc) is 3.89. The Morgan fingerprint density at radius 2 is 0.866 bits per heavy atom. The molecule has 0 aliphatic carbocycles. The zero-order valence-electron chi connectivity index (χ0n) is 36.1. The monoisotopic (exact) mass is 873 g/mol. The topological polar surface area (TPSA) is 48.5 Å². The van der Waals surface area contributed by atoms with E-state index in [1.807, 2.05) is 78.9 Å². The van der Waals surface area contributed by atoms with Gasteiger partial charge in [0.2, 0.25) is 0 Å². The first-order chi connectivity index (χ1) is 32.8. The predicted molar refractivity (Wildman–Crippen MR) is 265 cm³/mol. The summed E-state index contributed by atoms with van der Waals surface area (Å²) in [5, 5.41) is 4.35. The van der Waals surface area contributed by atoms with Crippen molar-refractivity contribution < 1.29 is 13.2 Å². The minimum Gasteiger partial charge on any atom is -0.309 e. The zero-order valence-corrected chi connectivity index (χ0v) is 36.1. The second kappa shape index (κ2) is 15.8. The Hall–Kier alpha value is -8.62. The van der Waals surface area contributed by atoms with E-state index in [0.717, 1.165) is 94.9 Å². The lowest BCUT2D eigenvalue weighted by Crippen LogP contribution is -2.05. The summed E-state index contributed by atoms with van der Waals surface area (Å²) in [4.78, 5) is 15.2. The molecular formula is C59H38F3N5. The lowest BCUT2D eigenvalue weighted by molar-refractivity contribution is -0.137. The van der Waals surface area contributed by atoms with Crippen LogP contribution in [0.5, 0.6) is 0 Å². The molecule has 0 spiro atoms. The van der Waals surface area contributed by atoms with Crippen LogP contribution in [0.2, 0.25) is 0 Å². The standard InChI is InChI=1S/C59H38F3N5/c1-37-25-27-38(28-26-37)48-35-42(58-64-56(40-15-5-2-6-16-40)63-57(65-58)41-17-7-3-8-18-41)36-49(39-29-31-43(32-30-39)59(60,61)62)54(48)67-51-24-14-12-22-47(51)53-52(67)34-33-46-45-21-11-13-23-50(45)66(55(46)53)44-19-9-4-10-20-44/h2-36H,1H3. The van der Waals surface area contributed by atoms with Gasteiger partial charge in [0.25, 0.3) is 0 Å². The van der Waals surface area contributed by atoms with E-state index in [1.165, 1.54) is 0 Å². The molecule has 0 fully saturated rings. The summed E-state index contributed by atoms with van der Waals surface area (Å²) >= 11 is 0. The number of nitrogens with zero attached hydrogens (tertiary/aromatic N) is 5. The van der Waals surface area contributed by atoms with E-state index < -0.39 is 11.7 Å². The molecule has 0 saturated heterocycles. The number of benzene rings is 9. The molecule has 0 amide bonds. The van der Waals surface area contributed by atoms with Crippen molar-refractivity contribution in [2.24, 2.45) is 0 Å². The highest BCUT2D eigenvalue weighted by Gasteiger charge is 2.31. The third kappa shape index (κ3) is 6.84. The molecule has 12 aromatic rings. The van der Waals surface area contributed by atoms with Crippen LogP contribution in [0.15, 0.2) is 212 Å². The van der Waals surface area contributed by atoms with Gasteiger partial charge >= 0.3 is 6.18 Å². The van der Waals surface area contributed by atoms with Gasteiger partial charge in [0.1, 0.15) is 0 Å². The molecule has 0 atom stereocenters. The number of alkyl halides is 3. The molecule has 0 aliphatic heterocycles. The van der Waals surface area contributed by atoms with Crippen LogP contribution in [0.25, 0.3) is 111 Å². The molecule has 0 saturated carbocycles. The fraction of sp³-hybridized carbons (Fsp3) is 0.0339. The number of aryl methyl sites for hydroxylation is 1. The summed E-state index contributed by atoms with van der Waals surface area (Å²) < 4.78 is 47.4. The van der Waals surface area contributed by atoms with Gasteiger partial charge in [-0.3, -0.25) is 0 Å². The molecule has 320 valence electrons. The summed E-state index contributed by atoms with van der Waals surface area (Å²) in [5.41, 5.74) is 11.7. The van der Waals surface area contributed by atoms with Gasteiger partial charge in [-0.1, -0.05) is 163 Å². The van der Waals surface area contributed by atoms with E-state index in [4.69, 9.17) is 15.0 Å². The van der Waals surface area contributed by atoms with Gasteiger partial charge in [0.15, 0.2) is 17.5 Å². The fourth-order valence-electron chi connectivity index (χ4n) is 9.55. The second-order valence-electron chi connectivity index (χ2n) is 16.8. The third-order valence-electron chi connectivity index (χ3n) is 12.7. The second-order valence-corrected chi connectivity index (χ2v) is 16.8. The smallest absolute Gasteiger partial charge is 0.309 e. The van der Waals surface area contributed by atoms with Crippen molar-refractivity contribution in [3.63, 3.8) is 0 Å². The molecule has 5 nitrogen and oxygen atoms in total. The number of rotatable bonds is 7. The predicted octanol–water partition coefficient (Wildman–Crippen LogP) is 15.7. The SMILES string of the molecule is Cc1ccc(-c2cc(-c3nc(-c4ccccc4)nc(-c4ccccc4)n3)cc(-c3ccc(C(F)(F)F)cc3)c2-n2c3ccccc3c3c2ccc2c4ccccc4n(-c4ccccc4)c23)cc1. The molecule has 3 aromatic heterocycles. The number of halogens is 3. The van der Waals surface area contributed by atoms with Crippen LogP contribution in [0.1, 0.15) is 11.1 Å². The Labute approximate surface area is 383 Å². The summed E-state index contributed by atoms with van der Waals surface area (Å²) in [6, 6.07) is 69.3. The van der Waals surface area contributed by atoms with Crippen LogP contribution in [0, 0.1) is 6.92 Å². The van der Waals surface area contributed by atoms with Crippen molar-refractivity contribution in [1.82, 2.24) is 24.1 Å². The zero-order chi connectivity index (χ0) is 45.2. The van der Waals surface area contributed by atoms with Gasteiger partial charge < -0.3 is 9.13 Å². The van der Waals surface area contributed by atoms with Crippen LogP contribution in [0.4, 0.5) is 13.2 Å². The Morgan fingerprint density at radius 1 is 0.388 bits per heavy atom. The van der Waals surface area contributed by atoms with E-state index >= 15 is 0 Å². The molecule has 0 N–H and O–H groups in total. The maximum absolute atomic E-state index is 14.3. The van der Waals surface area contributed by atoms with E-state index in [1.54, 1.807) is 12.1 Å². The highest BCUT2D eigenvalue weighted by Crippen LogP contribution is 2.47. The minimum atomic E-state index is -4.52. The highest BCUT2D eigenvalue weighted by atomic mass is 19.4. The maximum atomic E-state index is 14.3. The van der Waals surface area contributed by atoms with Gasteiger partial charge in [-0.25, -0.2) is 15.0 Å². The molecule has 8 heteroatoms. The quantitative estimate of drug-likeness (QED) is 0.160. The van der Waals surface area contributed by atoms with Gasteiger partial charge in [0, 0.05) is 55.0 Å². The molecule has 0 bridgehead atoms. The van der Waals surface area contributed by atoms with Crippen molar-refractivity contribution in [3.05, 3.63) is 223 Å². The molecule has 67 heavy (non-hydrogen) atoms. The molecule has 0 unspecified atom stereocenters. The van der Waals surface area contributed by atoms with Crippen LogP contribution in [-0.4, -0.2) is 24.1 Å². The minimum absolute atomic E-state index is 0.428. The van der Waals surface area contributed by atoms with Crippen molar-refractivity contribution in [2.75, 3.05) is 0 Å². The Balaban J connectivity index is 1.23. The van der Waals surface area contributed by atoms with E-state index in [0.29, 0.717) is 34.2 Å². The molecular weight excluding hydrogens is 836 g/mol. The van der Waals surface area contributed by atoms with Crippen molar-refractivity contribution in [1.29, 1.82) is 0 Å². The third-order valence-corrected chi connectivity index (χ3v) is 12.7. The van der Waals surface area contributed by atoms with E-state index in [2.05, 4.69) is 125 Å². The maximum Gasteiger partial charge on any atom is 0.416 e. The first-order valence-corrected chi connectivity index (χ1v) is 22.1. The summed E-state index contributed by atoms with van der Waals surface area (Å²) in [6.45, 7) is 2.06. The Kier molecular flexibility index (Phi) is 9.43. The largest absolute Gasteiger partial charge is 0.416 e. The Bertz CT molecular complexity index is 3760. The molecule has 0 aliphatic rings. The Morgan fingerprint density at radius 3 is 1.43 bits per heavy atom. The van der Waals surface area contributed by atoms with Crippen LogP contribution in [-0.2, 0) is 6.18 Å². The van der Waals surface area contributed by atoms with Gasteiger partial charge in [0.05, 0.1) is 33.3 Å². The summed E-state index contributed by atoms with van der Waals surface area (Å²) in [6.07, 6.45) is -4.52. The van der Waals surface area contributed by atoms with Crippen molar-refractivity contribution in [3.8, 4) is 67.8 Å². The molecule has 12 rings (SSSR count). The van der Waals surface area contributed by atoms with Gasteiger partial charge in [-0.2, -0.15) is 13.2 Å². The lowest BCUT2D eigenvalue weighted by Gasteiger charge is -2.21. The molecule has 9 aromatic carbocycles. The fourth-order valence-corrected chi connectivity index (χ4v) is 9.55. The van der Waals surface area contributed by atoms with E-state index in [-0.39, 0.29) is 0 Å². The number of aromatic nitrogens is 5. The average molecular weight is 874 g/mol.